The standard InChI is InChI=1S/C16H22N2O/c1-4-13-6-5-7-15-14(13)10-12(2)19-16(15,3)18-9-8-17-11-18/h5-7,11-12H,4,8-10H2,1-3H3/t12-,16?/m1/s1. The van der Waals surface area contributed by atoms with E-state index >= 15 is 0 Å². The summed E-state index contributed by atoms with van der Waals surface area (Å²) in [4.78, 5) is 6.58. The lowest BCUT2D eigenvalue weighted by atomic mass is 9.86. The lowest BCUT2D eigenvalue weighted by Gasteiger charge is -2.45. The van der Waals surface area contributed by atoms with Crippen molar-refractivity contribution in [2.75, 3.05) is 13.1 Å². The van der Waals surface area contributed by atoms with E-state index in [4.69, 9.17) is 4.74 Å². The van der Waals surface area contributed by atoms with Crippen LogP contribution in [-0.4, -0.2) is 30.4 Å². The van der Waals surface area contributed by atoms with Crippen LogP contribution in [0.2, 0.25) is 0 Å². The lowest BCUT2D eigenvalue weighted by Crippen LogP contribution is -2.49. The van der Waals surface area contributed by atoms with Gasteiger partial charge in [0.1, 0.15) is 0 Å². The Bertz CT molecular complexity index is 511. The molecule has 1 unspecified atom stereocenters. The highest BCUT2D eigenvalue weighted by molar-refractivity contribution is 5.59. The van der Waals surface area contributed by atoms with Crippen LogP contribution in [0.5, 0.6) is 0 Å². The molecule has 0 radical (unpaired) electrons. The topological polar surface area (TPSA) is 24.8 Å². The zero-order valence-electron chi connectivity index (χ0n) is 12.0. The van der Waals surface area contributed by atoms with E-state index in [1.807, 2.05) is 6.34 Å². The second kappa shape index (κ2) is 4.64. The molecule has 0 spiro atoms. The normalized spacial score (nSPS) is 29.6. The molecule has 0 aromatic heterocycles. The molecule has 2 aliphatic rings. The molecule has 0 saturated carbocycles. The van der Waals surface area contributed by atoms with E-state index in [0.29, 0.717) is 0 Å². The van der Waals surface area contributed by atoms with E-state index < -0.39 is 0 Å². The molecule has 3 heteroatoms. The van der Waals surface area contributed by atoms with Crippen LogP contribution in [-0.2, 0) is 23.3 Å². The van der Waals surface area contributed by atoms with Crippen molar-refractivity contribution in [1.29, 1.82) is 0 Å². The van der Waals surface area contributed by atoms with E-state index in [-0.39, 0.29) is 11.8 Å². The Morgan fingerprint density at radius 2 is 2.32 bits per heavy atom. The average Bonchev–Trinajstić information content (AvgIpc) is 2.92. The van der Waals surface area contributed by atoms with Gasteiger partial charge < -0.3 is 9.64 Å². The summed E-state index contributed by atoms with van der Waals surface area (Å²) in [6.07, 6.45) is 4.29. The number of nitrogens with zero attached hydrogens (tertiary/aromatic N) is 2. The van der Waals surface area contributed by atoms with Gasteiger partial charge in [0.2, 0.25) is 0 Å². The van der Waals surface area contributed by atoms with Crippen molar-refractivity contribution < 1.29 is 4.74 Å². The van der Waals surface area contributed by atoms with Crippen molar-refractivity contribution >= 4 is 6.34 Å². The summed E-state index contributed by atoms with van der Waals surface area (Å²) >= 11 is 0. The largest absolute Gasteiger partial charge is 0.348 e. The maximum atomic E-state index is 6.32. The molecule has 3 rings (SSSR count). The van der Waals surface area contributed by atoms with Crippen molar-refractivity contribution in [1.82, 2.24) is 4.90 Å². The predicted octanol–water partition coefficient (Wildman–Crippen LogP) is 2.73. The number of hydrogen-bond acceptors (Lipinski definition) is 3. The first-order valence-electron chi connectivity index (χ1n) is 7.21. The molecule has 3 nitrogen and oxygen atoms in total. The quantitative estimate of drug-likeness (QED) is 0.815. The van der Waals surface area contributed by atoms with E-state index in [0.717, 1.165) is 25.9 Å². The molecule has 2 heterocycles. The van der Waals surface area contributed by atoms with Crippen LogP contribution >= 0.6 is 0 Å². The molecular formula is C16H22N2O. The fourth-order valence-electron chi connectivity index (χ4n) is 3.35. The van der Waals surface area contributed by atoms with Gasteiger partial charge in [-0.15, -0.1) is 0 Å². The van der Waals surface area contributed by atoms with E-state index in [1.165, 1.54) is 16.7 Å². The molecule has 1 aromatic rings. The van der Waals surface area contributed by atoms with E-state index in [2.05, 4.69) is 48.9 Å². The second-order valence-electron chi connectivity index (χ2n) is 5.63. The number of ether oxygens (including phenoxy) is 1. The van der Waals surface area contributed by atoms with Crippen molar-refractivity contribution in [3.63, 3.8) is 0 Å². The minimum atomic E-state index is -0.363. The summed E-state index contributed by atoms with van der Waals surface area (Å²) in [5.41, 5.74) is 3.89. The summed E-state index contributed by atoms with van der Waals surface area (Å²) in [6, 6.07) is 6.62. The number of aryl methyl sites for hydroxylation is 1. The smallest absolute Gasteiger partial charge is 0.165 e. The van der Waals surface area contributed by atoms with E-state index in [9.17, 15) is 0 Å². The molecule has 0 fully saturated rings. The number of hydrogen-bond donors (Lipinski definition) is 0. The van der Waals surface area contributed by atoms with Crippen molar-refractivity contribution in [2.24, 2.45) is 4.99 Å². The Balaban J connectivity index is 2.11. The average molecular weight is 258 g/mol. The number of aliphatic imine (C=N–C) groups is 1. The molecule has 19 heavy (non-hydrogen) atoms. The molecule has 102 valence electrons. The van der Waals surface area contributed by atoms with Gasteiger partial charge in [-0.25, -0.2) is 0 Å². The van der Waals surface area contributed by atoms with Gasteiger partial charge in [-0.2, -0.15) is 0 Å². The summed E-state index contributed by atoms with van der Waals surface area (Å²) in [5.74, 6) is 0. The molecule has 0 saturated heterocycles. The third-order valence-corrected chi connectivity index (χ3v) is 4.32. The number of fused-ring (bicyclic) bond motifs is 1. The molecule has 0 amide bonds. The Hall–Kier alpha value is -1.35. The van der Waals surface area contributed by atoms with Gasteiger partial charge in [-0.3, -0.25) is 4.99 Å². The molecular weight excluding hydrogens is 236 g/mol. The van der Waals surface area contributed by atoms with Crippen LogP contribution < -0.4 is 0 Å². The van der Waals surface area contributed by atoms with Crippen molar-refractivity contribution in [3.05, 3.63) is 34.9 Å². The van der Waals surface area contributed by atoms with Gasteiger partial charge >= 0.3 is 0 Å². The summed E-state index contributed by atoms with van der Waals surface area (Å²) in [7, 11) is 0. The number of rotatable bonds is 2. The van der Waals surface area contributed by atoms with Crippen molar-refractivity contribution in [2.45, 2.75) is 45.4 Å². The minimum Gasteiger partial charge on any atom is -0.348 e. The van der Waals surface area contributed by atoms with Crippen LogP contribution in [0.15, 0.2) is 23.2 Å². The second-order valence-corrected chi connectivity index (χ2v) is 5.63. The third-order valence-electron chi connectivity index (χ3n) is 4.32. The van der Waals surface area contributed by atoms with E-state index in [1.54, 1.807) is 0 Å². The molecule has 0 bridgehead atoms. The Morgan fingerprint density at radius 3 is 3.00 bits per heavy atom. The van der Waals surface area contributed by atoms with Crippen LogP contribution in [0, 0.1) is 0 Å². The molecule has 0 N–H and O–H groups in total. The lowest BCUT2D eigenvalue weighted by molar-refractivity contribution is -0.158. The summed E-state index contributed by atoms with van der Waals surface area (Å²) < 4.78 is 6.32. The van der Waals surface area contributed by atoms with Gasteiger partial charge in [0.05, 0.1) is 19.0 Å². The van der Waals surface area contributed by atoms with Gasteiger partial charge in [0, 0.05) is 12.1 Å². The van der Waals surface area contributed by atoms with Crippen LogP contribution in [0.1, 0.15) is 37.5 Å². The van der Waals surface area contributed by atoms with Gasteiger partial charge in [0.25, 0.3) is 0 Å². The maximum Gasteiger partial charge on any atom is 0.165 e. The Labute approximate surface area is 115 Å². The summed E-state index contributed by atoms with van der Waals surface area (Å²) in [5, 5.41) is 0. The predicted molar refractivity (Wildman–Crippen MR) is 77.5 cm³/mol. The molecule has 1 aromatic carbocycles. The van der Waals surface area contributed by atoms with Crippen LogP contribution in [0.25, 0.3) is 0 Å². The highest BCUT2D eigenvalue weighted by Gasteiger charge is 2.41. The van der Waals surface area contributed by atoms with Gasteiger partial charge in [0.15, 0.2) is 5.72 Å². The fraction of sp³-hybridized carbons (Fsp3) is 0.562. The Morgan fingerprint density at radius 1 is 1.47 bits per heavy atom. The molecule has 2 aliphatic heterocycles. The first kappa shape index (κ1) is 12.7. The highest BCUT2D eigenvalue weighted by Crippen LogP contribution is 2.39. The minimum absolute atomic E-state index is 0.249. The van der Waals surface area contributed by atoms with Crippen LogP contribution in [0.3, 0.4) is 0 Å². The molecule has 0 aliphatic carbocycles. The SMILES string of the molecule is CCc1cccc2c1C[C@@H](C)OC2(C)N1C=NCC1. The first-order chi connectivity index (χ1) is 9.15. The third kappa shape index (κ3) is 1.96. The fourth-order valence-corrected chi connectivity index (χ4v) is 3.35. The zero-order chi connectivity index (χ0) is 13.5. The van der Waals surface area contributed by atoms with Crippen molar-refractivity contribution in [3.8, 4) is 0 Å². The maximum absolute atomic E-state index is 6.32. The van der Waals surface area contributed by atoms with Gasteiger partial charge in [-0.05, 0) is 37.8 Å². The monoisotopic (exact) mass is 258 g/mol. The zero-order valence-corrected chi connectivity index (χ0v) is 12.0. The highest BCUT2D eigenvalue weighted by atomic mass is 16.5. The molecule has 2 atom stereocenters. The van der Waals surface area contributed by atoms with Gasteiger partial charge in [-0.1, -0.05) is 25.1 Å². The summed E-state index contributed by atoms with van der Waals surface area (Å²) in [6.45, 7) is 8.39. The Kier molecular flexibility index (Phi) is 3.09. The number of benzene rings is 1. The first-order valence-corrected chi connectivity index (χ1v) is 7.21. The van der Waals surface area contributed by atoms with Crippen LogP contribution in [0.4, 0.5) is 0 Å².